The molecule has 86 valence electrons. The molecule has 4 nitrogen and oxygen atoms in total. The number of nitrogens with zero attached hydrogens (tertiary/aromatic N) is 1. The van der Waals surface area contributed by atoms with Gasteiger partial charge in [0.25, 0.3) is 5.91 Å². The molecule has 0 aliphatic heterocycles. The lowest BCUT2D eigenvalue weighted by Gasteiger charge is -2.11. The maximum atomic E-state index is 11.2. The van der Waals surface area contributed by atoms with Crippen molar-refractivity contribution in [2.75, 3.05) is 20.7 Å². The molecule has 5 heteroatoms. The van der Waals surface area contributed by atoms with Crippen molar-refractivity contribution in [3.63, 3.8) is 0 Å². The quantitative estimate of drug-likeness (QED) is 0.753. The number of likely N-dealkylation sites (N-methyl/N-ethyl adjacent to an activating group) is 1. The molecule has 0 saturated heterocycles. The number of rotatable bonds is 4. The predicted octanol–water partition coefficient (Wildman–Crippen LogP) is 1.62. The Kier molecular flexibility index (Phi) is 4.31. The Bertz CT molecular complexity index is 404. The zero-order chi connectivity index (χ0) is 12.1. The molecule has 16 heavy (non-hydrogen) atoms. The Labute approximate surface area is 98.8 Å². The predicted molar refractivity (Wildman–Crippen MR) is 61.0 cm³/mol. The van der Waals surface area contributed by atoms with Crippen LogP contribution >= 0.6 is 11.6 Å². The van der Waals surface area contributed by atoms with E-state index in [4.69, 9.17) is 16.3 Å². The van der Waals surface area contributed by atoms with Crippen LogP contribution in [0.25, 0.3) is 0 Å². The Hall–Kier alpha value is -1.55. The number of hydrogen-bond acceptors (Lipinski definition) is 3. The zero-order valence-corrected chi connectivity index (χ0v) is 9.82. The van der Waals surface area contributed by atoms with Crippen molar-refractivity contribution in [1.82, 2.24) is 4.90 Å². The van der Waals surface area contributed by atoms with Gasteiger partial charge in [-0.25, -0.2) is 0 Å². The number of amides is 1. The van der Waals surface area contributed by atoms with Gasteiger partial charge in [0.05, 0.1) is 5.02 Å². The average molecular weight is 242 g/mol. The summed E-state index contributed by atoms with van der Waals surface area (Å²) in [6, 6.07) is 4.65. The molecule has 1 amide bonds. The van der Waals surface area contributed by atoms with E-state index in [1.165, 1.54) is 11.0 Å². The minimum atomic E-state index is -0.143. The maximum Gasteiger partial charge on any atom is 0.259 e. The van der Waals surface area contributed by atoms with Crippen LogP contribution in [0.15, 0.2) is 18.2 Å². The normalized spacial score (nSPS) is 9.69. The molecule has 0 aliphatic rings. The van der Waals surface area contributed by atoms with Crippen molar-refractivity contribution in [3.05, 3.63) is 28.8 Å². The zero-order valence-electron chi connectivity index (χ0n) is 9.07. The highest BCUT2D eigenvalue weighted by molar-refractivity contribution is 6.33. The van der Waals surface area contributed by atoms with E-state index < -0.39 is 0 Å². The SMILES string of the molecule is CN(C)C(=O)COc1ccc(C=O)c(Cl)c1. The molecule has 1 aromatic carbocycles. The van der Waals surface area contributed by atoms with Crippen LogP contribution in [-0.4, -0.2) is 37.8 Å². The van der Waals surface area contributed by atoms with Crippen molar-refractivity contribution in [3.8, 4) is 5.75 Å². The van der Waals surface area contributed by atoms with E-state index in [0.717, 1.165) is 0 Å². The first-order chi connectivity index (χ1) is 7.54. The number of ether oxygens (including phenoxy) is 1. The monoisotopic (exact) mass is 241 g/mol. The molecular weight excluding hydrogens is 230 g/mol. The molecule has 0 saturated carbocycles. The van der Waals surface area contributed by atoms with Crippen LogP contribution in [0.1, 0.15) is 10.4 Å². The average Bonchev–Trinajstić information content (AvgIpc) is 2.25. The number of aldehydes is 1. The van der Waals surface area contributed by atoms with E-state index in [9.17, 15) is 9.59 Å². The van der Waals surface area contributed by atoms with Gasteiger partial charge in [0.2, 0.25) is 0 Å². The summed E-state index contributed by atoms with van der Waals surface area (Å²) in [5.41, 5.74) is 0.396. The van der Waals surface area contributed by atoms with Crippen LogP contribution in [-0.2, 0) is 4.79 Å². The number of carbonyl (C=O) groups is 2. The second-order valence-electron chi connectivity index (χ2n) is 3.38. The largest absolute Gasteiger partial charge is 0.484 e. The molecule has 0 fully saturated rings. The van der Waals surface area contributed by atoms with Crippen LogP contribution in [0.4, 0.5) is 0 Å². The van der Waals surface area contributed by atoms with E-state index in [2.05, 4.69) is 0 Å². The van der Waals surface area contributed by atoms with Crippen molar-refractivity contribution in [2.24, 2.45) is 0 Å². The number of benzene rings is 1. The number of halogens is 1. The molecule has 0 aromatic heterocycles. The Morgan fingerprint density at radius 3 is 2.69 bits per heavy atom. The third-order valence-corrected chi connectivity index (χ3v) is 2.29. The molecule has 0 spiro atoms. The van der Waals surface area contributed by atoms with Gasteiger partial charge in [0.15, 0.2) is 12.9 Å². The van der Waals surface area contributed by atoms with Crippen molar-refractivity contribution in [1.29, 1.82) is 0 Å². The summed E-state index contributed by atoms with van der Waals surface area (Å²) in [5, 5.41) is 0.310. The van der Waals surface area contributed by atoms with Crippen molar-refractivity contribution < 1.29 is 14.3 Å². The van der Waals surface area contributed by atoms with Gasteiger partial charge < -0.3 is 9.64 Å². The summed E-state index contributed by atoms with van der Waals surface area (Å²) in [7, 11) is 3.29. The second kappa shape index (κ2) is 5.51. The van der Waals surface area contributed by atoms with Gasteiger partial charge in [-0.15, -0.1) is 0 Å². The lowest BCUT2D eigenvalue weighted by atomic mass is 10.2. The molecule has 1 aromatic rings. The number of hydrogen-bond donors (Lipinski definition) is 0. The molecule has 0 aliphatic carbocycles. The summed E-state index contributed by atoms with van der Waals surface area (Å²) in [4.78, 5) is 23.2. The molecule has 1 rings (SSSR count). The van der Waals surface area contributed by atoms with Crippen molar-refractivity contribution >= 4 is 23.8 Å². The highest BCUT2D eigenvalue weighted by Gasteiger charge is 2.06. The Balaban J connectivity index is 2.65. The first-order valence-electron chi connectivity index (χ1n) is 4.62. The first-order valence-corrected chi connectivity index (χ1v) is 5.00. The molecule has 0 heterocycles. The van der Waals surface area contributed by atoms with Gasteiger partial charge in [-0.05, 0) is 18.2 Å². The second-order valence-corrected chi connectivity index (χ2v) is 3.79. The van der Waals surface area contributed by atoms with Crippen LogP contribution in [0, 0.1) is 0 Å². The van der Waals surface area contributed by atoms with E-state index in [1.807, 2.05) is 0 Å². The third-order valence-electron chi connectivity index (χ3n) is 1.96. The summed E-state index contributed by atoms with van der Waals surface area (Å²) in [5.74, 6) is 0.321. The minimum Gasteiger partial charge on any atom is -0.484 e. The fraction of sp³-hybridized carbons (Fsp3) is 0.273. The molecule has 0 atom stereocenters. The van der Waals surface area contributed by atoms with Gasteiger partial charge in [-0.2, -0.15) is 0 Å². The maximum absolute atomic E-state index is 11.2. The van der Waals surface area contributed by atoms with Crippen LogP contribution in [0.5, 0.6) is 5.75 Å². The lowest BCUT2D eigenvalue weighted by molar-refractivity contribution is -0.130. The van der Waals surface area contributed by atoms with Gasteiger partial charge >= 0.3 is 0 Å². The summed E-state index contributed by atoms with van der Waals surface area (Å²) >= 11 is 5.80. The summed E-state index contributed by atoms with van der Waals surface area (Å²) in [6.07, 6.45) is 0.664. The van der Waals surface area contributed by atoms with E-state index in [0.29, 0.717) is 22.6 Å². The van der Waals surface area contributed by atoms with Gasteiger partial charge in [-0.3, -0.25) is 9.59 Å². The Morgan fingerprint density at radius 2 is 2.19 bits per heavy atom. The van der Waals surface area contributed by atoms with Crippen LogP contribution in [0.2, 0.25) is 5.02 Å². The molecule has 0 unspecified atom stereocenters. The molecule has 0 radical (unpaired) electrons. The molecule has 0 bridgehead atoms. The van der Waals surface area contributed by atoms with E-state index in [1.54, 1.807) is 26.2 Å². The van der Waals surface area contributed by atoms with Crippen molar-refractivity contribution in [2.45, 2.75) is 0 Å². The van der Waals surface area contributed by atoms with Crippen LogP contribution < -0.4 is 4.74 Å². The molecular formula is C11H12ClNO3. The standard InChI is InChI=1S/C11H12ClNO3/c1-13(2)11(15)7-16-9-4-3-8(6-14)10(12)5-9/h3-6H,7H2,1-2H3. The summed E-state index contributed by atoms with van der Waals surface area (Å²) < 4.78 is 5.22. The lowest BCUT2D eigenvalue weighted by Crippen LogP contribution is -2.27. The van der Waals surface area contributed by atoms with Gasteiger partial charge in [0, 0.05) is 19.7 Å². The first kappa shape index (κ1) is 12.5. The fourth-order valence-corrected chi connectivity index (χ4v) is 1.18. The fourth-order valence-electron chi connectivity index (χ4n) is 0.967. The molecule has 0 N–H and O–H groups in total. The van der Waals surface area contributed by atoms with E-state index >= 15 is 0 Å². The minimum absolute atomic E-state index is 0.0518. The smallest absolute Gasteiger partial charge is 0.259 e. The summed E-state index contributed by atoms with van der Waals surface area (Å²) in [6.45, 7) is -0.0518. The topological polar surface area (TPSA) is 46.6 Å². The third kappa shape index (κ3) is 3.24. The van der Waals surface area contributed by atoms with Crippen LogP contribution in [0.3, 0.4) is 0 Å². The van der Waals surface area contributed by atoms with E-state index in [-0.39, 0.29) is 12.5 Å². The highest BCUT2D eigenvalue weighted by Crippen LogP contribution is 2.21. The number of carbonyl (C=O) groups excluding carboxylic acids is 2. The van der Waals surface area contributed by atoms with Gasteiger partial charge in [0.1, 0.15) is 5.75 Å². The Morgan fingerprint density at radius 1 is 1.50 bits per heavy atom. The van der Waals surface area contributed by atoms with Gasteiger partial charge in [-0.1, -0.05) is 11.6 Å². The highest BCUT2D eigenvalue weighted by atomic mass is 35.5.